The van der Waals surface area contributed by atoms with Crippen molar-refractivity contribution in [2.24, 2.45) is 5.73 Å². The maximum Gasteiger partial charge on any atom is 0.0446 e. The van der Waals surface area contributed by atoms with Crippen LogP contribution in [0.4, 0.5) is 0 Å². The van der Waals surface area contributed by atoms with Crippen LogP contribution in [0.2, 0.25) is 0 Å². The first-order chi connectivity index (χ1) is 7.40. The SMILES string of the molecule is NCC(NC1CCCC1)c1ccccc1. The molecule has 2 rings (SSSR count). The summed E-state index contributed by atoms with van der Waals surface area (Å²) in [6, 6.07) is 11.5. The molecular formula is C13H20N2. The highest BCUT2D eigenvalue weighted by Gasteiger charge is 2.18. The van der Waals surface area contributed by atoms with Gasteiger partial charge in [-0.1, -0.05) is 43.2 Å². The molecule has 1 saturated carbocycles. The Labute approximate surface area is 91.9 Å². The van der Waals surface area contributed by atoms with Gasteiger partial charge in [0.05, 0.1) is 0 Å². The average Bonchev–Trinajstić information content (AvgIpc) is 2.80. The van der Waals surface area contributed by atoms with E-state index in [1.807, 2.05) is 6.07 Å². The maximum atomic E-state index is 5.82. The van der Waals surface area contributed by atoms with Gasteiger partial charge in [0.2, 0.25) is 0 Å². The molecular weight excluding hydrogens is 184 g/mol. The van der Waals surface area contributed by atoms with E-state index in [-0.39, 0.29) is 0 Å². The molecule has 1 unspecified atom stereocenters. The molecule has 2 nitrogen and oxygen atoms in total. The molecule has 1 atom stereocenters. The van der Waals surface area contributed by atoms with Crippen molar-refractivity contribution in [1.82, 2.24) is 5.32 Å². The van der Waals surface area contributed by atoms with Crippen molar-refractivity contribution in [1.29, 1.82) is 0 Å². The molecule has 1 aliphatic rings. The highest BCUT2D eigenvalue weighted by molar-refractivity contribution is 5.19. The summed E-state index contributed by atoms with van der Waals surface area (Å²) < 4.78 is 0. The molecule has 2 heteroatoms. The second-order valence-corrected chi connectivity index (χ2v) is 4.35. The van der Waals surface area contributed by atoms with E-state index in [1.165, 1.54) is 31.2 Å². The Balaban J connectivity index is 1.97. The third-order valence-electron chi connectivity index (χ3n) is 3.23. The number of hydrogen-bond acceptors (Lipinski definition) is 2. The van der Waals surface area contributed by atoms with Crippen LogP contribution in [0.3, 0.4) is 0 Å². The van der Waals surface area contributed by atoms with Gasteiger partial charge in [0.1, 0.15) is 0 Å². The van der Waals surface area contributed by atoms with E-state index < -0.39 is 0 Å². The van der Waals surface area contributed by atoms with Crippen LogP contribution in [0.1, 0.15) is 37.3 Å². The van der Waals surface area contributed by atoms with E-state index >= 15 is 0 Å². The largest absolute Gasteiger partial charge is 0.329 e. The van der Waals surface area contributed by atoms with Gasteiger partial charge < -0.3 is 11.1 Å². The van der Waals surface area contributed by atoms with Gasteiger partial charge in [0, 0.05) is 18.6 Å². The second kappa shape index (κ2) is 5.29. The van der Waals surface area contributed by atoms with Crippen LogP contribution in [-0.4, -0.2) is 12.6 Å². The predicted octanol–water partition coefficient (Wildman–Crippen LogP) is 2.22. The minimum absolute atomic E-state index is 0.328. The third kappa shape index (κ3) is 2.80. The summed E-state index contributed by atoms with van der Waals surface area (Å²) in [6.45, 7) is 0.681. The van der Waals surface area contributed by atoms with Crippen LogP contribution in [-0.2, 0) is 0 Å². The molecule has 0 bridgehead atoms. The van der Waals surface area contributed by atoms with Gasteiger partial charge in [-0.05, 0) is 18.4 Å². The van der Waals surface area contributed by atoms with E-state index in [0.717, 1.165) is 0 Å². The number of rotatable bonds is 4. The lowest BCUT2D eigenvalue weighted by molar-refractivity contribution is 0.444. The first-order valence-electron chi connectivity index (χ1n) is 5.91. The van der Waals surface area contributed by atoms with Gasteiger partial charge in [0.25, 0.3) is 0 Å². The zero-order valence-electron chi connectivity index (χ0n) is 9.15. The van der Waals surface area contributed by atoms with Crippen molar-refractivity contribution in [3.05, 3.63) is 35.9 Å². The van der Waals surface area contributed by atoms with Crippen molar-refractivity contribution in [2.75, 3.05) is 6.54 Å². The van der Waals surface area contributed by atoms with Crippen molar-refractivity contribution in [3.63, 3.8) is 0 Å². The molecule has 15 heavy (non-hydrogen) atoms. The molecule has 0 heterocycles. The Bertz CT molecular complexity index is 278. The fraction of sp³-hybridized carbons (Fsp3) is 0.538. The quantitative estimate of drug-likeness (QED) is 0.789. The second-order valence-electron chi connectivity index (χ2n) is 4.35. The smallest absolute Gasteiger partial charge is 0.0446 e. The van der Waals surface area contributed by atoms with Crippen molar-refractivity contribution >= 4 is 0 Å². The lowest BCUT2D eigenvalue weighted by Gasteiger charge is -2.21. The summed E-state index contributed by atoms with van der Waals surface area (Å²) in [5.41, 5.74) is 7.13. The van der Waals surface area contributed by atoms with Crippen LogP contribution in [0.15, 0.2) is 30.3 Å². The molecule has 0 radical (unpaired) electrons. The Morgan fingerprint density at radius 3 is 2.47 bits per heavy atom. The highest BCUT2D eigenvalue weighted by atomic mass is 15.0. The summed E-state index contributed by atoms with van der Waals surface area (Å²) in [6.07, 6.45) is 5.35. The minimum atomic E-state index is 0.328. The van der Waals surface area contributed by atoms with Gasteiger partial charge >= 0.3 is 0 Å². The van der Waals surface area contributed by atoms with E-state index in [1.54, 1.807) is 0 Å². The predicted molar refractivity (Wildman–Crippen MR) is 63.6 cm³/mol. The Morgan fingerprint density at radius 1 is 1.20 bits per heavy atom. The minimum Gasteiger partial charge on any atom is -0.329 e. The lowest BCUT2D eigenvalue weighted by atomic mass is 10.1. The summed E-state index contributed by atoms with van der Waals surface area (Å²) in [7, 11) is 0. The third-order valence-corrected chi connectivity index (χ3v) is 3.23. The van der Waals surface area contributed by atoms with Gasteiger partial charge in [-0.2, -0.15) is 0 Å². The molecule has 3 N–H and O–H groups in total. The van der Waals surface area contributed by atoms with Crippen molar-refractivity contribution in [3.8, 4) is 0 Å². The fourth-order valence-corrected chi connectivity index (χ4v) is 2.36. The highest BCUT2D eigenvalue weighted by Crippen LogP contribution is 2.21. The summed E-state index contributed by atoms with van der Waals surface area (Å²) in [5, 5.41) is 3.66. The average molecular weight is 204 g/mol. The molecule has 1 aromatic rings. The summed E-state index contributed by atoms with van der Waals surface area (Å²) >= 11 is 0. The van der Waals surface area contributed by atoms with Crippen LogP contribution in [0.5, 0.6) is 0 Å². The van der Waals surface area contributed by atoms with Crippen LogP contribution in [0.25, 0.3) is 0 Å². The molecule has 82 valence electrons. The first-order valence-corrected chi connectivity index (χ1v) is 5.91. The molecule has 0 spiro atoms. The number of nitrogens with one attached hydrogen (secondary N) is 1. The molecule has 0 saturated heterocycles. The summed E-state index contributed by atoms with van der Waals surface area (Å²) in [5.74, 6) is 0. The maximum absolute atomic E-state index is 5.82. The van der Waals surface area contributed by atoms with Crippen molar-refractivity contribution < 1.29 is 0 Å². The van der Waals surface area contributed by atoms with E-state index in [2.05, 4.69) is 29.6 Å². The topological polar surface area (TPSA) is 38.0 Å². The molecule has 0 aromatic heterocycles. The zero-order chi connectivity index (χ0) is 10.5. The van der Waals surface area contributed by atoms with Crippen LogP contribution >= 0.6 is 0 Å². The Hall–Kier alpha value is -0.860. The Morgan fingerprint density at radius 2 is 1.87 bits per heavy atom. The molecule has 1 aromatic carbocycles. The molecule has 0 amide bonds. The number of nitrogens with two attached hydrogens (primary N) is 1. The van der Waals surface area contributed by atoms with Crippen molar-refractivity contribution in [2.45, 2.75) is 37.8 Å². The molecule has 0 aliphatic heterocycles. The van der Waals surface area contributed by atoms with Crippen LogP contribution < -0.4 is 11.1 Å². The number of benzene rings is 1. The van der Waals surface area contributed by atoms with Gasteiger partial charge in [-0.3, -0.25) is 0 Å². The molecule has 1 aliphatic carbocycles. The van der Waals surface area contributed by atoms with E-state index in [4.69, 9.17) is 5.73 Å². The van der Waals surface area contributed by atoms with Gasteiger partial charge in [-0.25, -0.2) is 0 Å². The van der Waals surface area contributed by atoms with Crippen LogP contribution in [0, 0.1) is 0 Å². The monoisotopic (exact) mass is 204 g/mol. The van der Waals surface area contributed by atoms with E-state index in [0.29, 0.717) is 18.6 Å². The number of hydrogen-bond donors (Lipinski definition) is 2. The lowest BCUT2D eigenvalue weighted by Crippen LogP contribution is -2.35. The van der Waals surface area contributed by atoms with Gasteiger partial charge in [0.15, 0.2) is 0 Å². The van der Waals surface area contributed by atoms with E-state index in [9.17, 15) is 0 Å². The normalized spacial score (nSPS) is 19.3. The molecule has 1 fully saturated rings. The zero-order valence-corrected chi connectivity index (χ0v) is 9.15. The standard InChI is InChI=1S/C13H20N2/c14-10-13(11-6-2-1-3-7-11)15-12-8-4-5-9-12/h1-3,6-7,12-13,15H,4-5,8-10,14H2. The van der Waals surface area contributed by atoms with Gasteiger partial charge in [-0.15, -0.1) is 0 Å². The Kier molecular flexibility index (Phi) is 3.75. The summed E-state index contributed by atoms with van der Waals surface area (Å²) in [4.78, 5) is 0. The fourth-order valence-electron chi connectivity index (χ4n) is 2.36. The first kappa shape index (κ1) is 10.7.